The summed E-state index contributed by atoms with van der Waals surface area (Å²) in [6.07, 6.45) is 6.63. The Bertz CT molecular complexity index is 2620. The zero-order valence-corrected chi connectivity index (χ0v) is 41.9. The predicted molar refractivity (Wildman–Crippen MR) is 261 cm³/mol. The van der Waals surface area contributed by atoms with Gasteiger partial charge in [0.2, 0.25) is 5.91 Å². The Morgan fingerprint density at radius 1 is 0.915 bits per heavy atom. The highest BCUT2D eigenvalue weighted by Gasteiger charge is 2.76. The molecule has 14 nitrogen and oxygen atoms in total. The zero-order chi connectivity index (χ0) is 49.7. The van der Waals surface area contributed by atoms with Gasteiger partial charge < -0.3 is 39.4 Å². The number of amides is 2. The number of benzene rings is 3. The summed E-state index contributed by atoms with van der Waals surface area (Å²) in [5.74, 6) is -1.60. The number of allylic oxidation sites excluding steroid dienone is 1. The van der Waals surface area contributed by atoms with E-state index in [2.05, 4.69) is 67.8 Å². The van der Waals surface area contributed by atoms with Crippen molar-refractivity contribution in [1.29, 1.82) is 0 Å². The van der Waals surface area contributed by atoms with Crippen LogP contribution in [0, 0.1) is 22.7 Å². The Hall–Kier alpha value is -4.96. The molecule has 1 spiro atoms. The maximum atomic E-state index is 15.2. The number of hydrogen-bond donors (Lipinski definition) is 3. The number of hydrogen-bond acceptors (Lipinski definition) is 12. The molecule has 4 heterocycles. The molecule has 3 saturated carbocycles. The standard InChI is InChI=1S/C57H69N3O11/c1-53(2,3)68-45(62)20-18-40(32-61)59-50(63)37-16-10-12-34(25-37)30-58-52(65)57-29-43-46-47(70-56(69-46)26-38-14-7-8-15-39(38)27-56)49(57)71-60(48(57)51(64)66-43)31-35-13-9-11-33(23-35)24-36-17-19-44-55(6,67-44)22-21-42-41(36)28-54(42,4)5/h7-16,23-25,40-44,46-49,61H,17-22,26-32H2,1-6H3,(H,58,65)(H,59,63). The first-order valence-electron chi connectivity index (χ1n) is 25.9. The van der Waals surface area contributed by atoms with Crippen LogP contribution in [-0.2, 0) is 68.8 Å². The van der Waals surface area contributed by atoms with Gasteiger partial charge in [0.1, 0.15) is 35.4 Å². The molecule has 3 aromatic rings. The first-order valence-corrected chi connectivity index (χ1v) is 25.9. The van der Waals surface area contributed by atoms with E-state index < -0.39 is 71.1 Å². The van der Waals surface area contributed by atoms with Crippen molar-refractivity contribution in [3.8, 4) is 0 Å². The first kappa shape index (κ1) is 48.3. The highest BCUT2D eigenvalue weighted by molar-refractivity contribution is 5.95. The van der Waals surface area contributed by atoms with Gasteiger partial charge in [0.15, 0.2) is 11.8 Å². The number of rotatable bonds is 12. The molecule has 2 bridgehead atoms. The molecule has 11 atom stereocenters. The van der Waals surface area contributed by atoms with Gasteiger partial charge in [-0.2, -0.15) is 5.06 Å². The van der Waals surface area contributed by atoms with Crippen LogP contribution in [0.4, 0.5) is 0 Å². The van der Waals surface area contributed by atoms with Gasteiger partial charge >= 0.3 is 11.9 Å². The van der Waals surface area contributed by atoms with Crippen LogP contribution in [0.1, 0.15) is 131 Å². The van der Waals surface area contributed by atoms with Crippen LogP contribution < -0.4 is 10.6 Å². The topological polar surface area (TPSA) is 174 Å². The van der Waals surface area contributed by atoms with E-state index in [0.717, 1.165) is 41.5 Å². The third-order valence-electron chi connectivity index (χ3n) is 17.1. The number of ether oxygens (including phenoxy) is 5. The summed E-state index contributed by atoms with van der Waals surface area (Å²) in [5.41, 5.74) is 5.00. The Morgan fingerprint density at radius 3 is 2.41 bits per heavy atom. The second-order valence-electron chi connectivity index (χ2n) is 23.6. The molecule has 4 aliphatic carbocycles. The molecule has 71 heavy (non-hydrogen) atoms. The molecule has 14 heteroatoms. The number of aliphatic hydroxyl groups excluding tert-OH is 1. The van der Waals surface area contributed by atoms with E-state index in [0.29, 0.717) is 47.3 Å². The molecular formula is C57H69N3O11. The average Bonchev–Trinajstić information content (AvgIpc) is 3.59. The van der Waals surface area contributed by atoms with E-state index in [-0.39, 0.29) is 50.5 Å². The van der Waals surface area contributed by atoms with Crippen molar-refractivity contribution in [3.05, 3.63) is 112 Å². The fourth-order valence-corrected chi connectivity index (χ4v) is 13.5. The van der Waals surface area contributed by atoms with E-state index in [9.17, 15) is 19.5 Å². The van der Waals surface area contributed by atoms with E-state index >= 15 is 4.79 Å². The molecule has 8 aliphatic rings. The number of esters is 2. The van der Waals surface area contributed by atoms with Crippen molar-refractivity contribution >= 4 is 29.8 Å². The van der Waals surface area contributed by atoms with Crippen molar-refractivity contribution in [2.75, 3.05) is 6.61 Å². The van der Waals surface area contributed by atoms with Gasteiger partial charge in [0, 0.05) is 37.8 Å². The fourth-order valence-electron chi connectivity index (χ4n) is 13.5. The van der Waals surface area contributed by atoms with Crippen molar-refractivity contribution in [2.45, 2.75) is 178 Å². The second kappa shape index (κ2) is 17.9. The van der Waals surface area contributed by atoms with Crippen LogP contribution in [0.15, 0.2) is 78.4 Å². The highest BCUT2D eigenvalue weighted by atomic mass is 16.8. The number of epoxide rings is 1. The molecular weight excluding hydrogens is 903 g/mol. The minimum Gasteiger partial charge on any atom is -0.460 e. The third kappa shape index (κ3) is 9.05. The van der Waals surface area contributed by atoms with Crippen LogP contribution in [0.5, 0.6) is 0 Å². The van der Waals surface area contributed by atoms with E-state index in [1.165, 1.54) is 18.4 Å². The second-order valence-corrected chi connectivity index (χ2v) is 23.6. The van der Waals surface area contributed by atoms with Crippen LogP contribution in [-0.4, -0.2) is 100 Å². The summed E-state index contributed by atoms with van der Waals surface area (Å²) >= 11 is 0. The highest BCUT2D eigenvalue weighted by Crippen LogP contribution is 2.61. The maximum absolute atomic E-state index is 15.2. The van der Waals surface area contributed by atoms with Crippen LogP contribution in [0.2, 0.25) is 0 Å². The molecule has 0 radical (unpaired) electrons. The Labute approximate surface area is 416 Å². The lowest BCUT2D eigenvalue weighted by molar-refractivity contribution is -0.217. The number of fused-ring (bicyclic) bond motifs is 7. The average molecular weight is 972 g/mol. The zero-order valence-electron chi connectivity index (χ0n) is 41.9. The number of carbonyl (C=O) groups excluding carboxylic acids is 4. The van der Waals surface area contributed by atoms with E-state index in [4.69, 9.17) is 28.5 Å². The van der Waals surface area contributed by atoms with Gasteiger partial charge in [-0.05, 0) is 123 Å². The maximum Gasteiger partial charge on any atom is 0.327 e. The third-order valence-corrected chi connectivity index (χ3v) is 17.1. The van der Waals surface area contributed by atoms with Crippen molar-refractivity contribution in [1.82, 2.24) is 15.7 Å². The molecule has 378 valence electrons. The summed E-state index contributed by atoms with van der Waals surface area (Å²) < 4.78 is 31.8. The smallest absolute Gasteiger partial charge is 0.327 e. The summed E-state index contributed by atoms with van der Waals surface area (Å²) in [6.45, 7) is 12.3. The summed E-state index contributed by atoms with van der Waals surface area (Å²) in [5, 5.41) is 17.7. The molecule has 4 saturated heterocycles. The Kier molecular flexibility index (Phi) is 12.2. The predicted octanol–water partition coefficient (Wildman–Crippen LogP) is 7.07. The van der Waals surface area contributed by atoms with Crippen LogP contribution in [0.25, 0.3) is 6.08 Å². The Morgan fingerprint density at radius 2 is 1.66 bits per heavy atom. The van der Waals surface area contributed by atoms with Crippen LogP contribution in [0.3, 0.4) is 0 Å². The normalized spacial score (nSPS) is 33.7. The molecule has 3 aromatic carbocycles. The minimum atomic E-state index is -1.40. The molecule has 11 unspecified atom stereocenters. The fraction of sp³-hybridized carbons (Fsp3) is 0.579. The summed E-state index contributed by atoms with van der Waals surface area (Å²) in [4.78, 5) is 62.6. The Balaban J connectivity index is 0.842. The lowest BCUT2D eigenvalue weighted by Crippen LogP contribution is -2.69. The lowest BCUT2D eigenvalue weighted by Gasteiger charge is -2.53. The number of hydroxylamine groups is 2. The van der Waals surface area contributed by atoms with Crippen LogP contribution >= 0.6 is 0 Å². The number of nitrogens with zero attached hydrogens (tertiary/aromatic N) is 1. The molecule has 0 aromatic heterocycles. The SMILES string of the molecule is CC(C)(C)OC(=O)CCC(CO)NC(=O)c1cccc(CNC(=O)C23CC4OC(=O)C2N(Cc2cccc(C=C5CCC6OC6(C)CCC6C5CC6(C)C)c2)OC3C2OC3(Cc5ccccc5C3)OC42)c1. The van der Waals surface area contributed by atoms with Gasteiger partial charge in [-0.15, -0.1) is 0 Å². The van der Waals surface area contributed by atoms with Crippen molar-refractivity contribution in [3.63, 3.8) is 0 Å². The molecule has 11 rings (SSSR count). The monoisotopic (exact) mass is 971 g/mol. The first-order chi connectivity index (χ1) is 33.8. The quantitative estimate of drug-likeness (QED) is 0.125. The largest absolute Gasteiger partial charge is 0.460 e. The van der Waals surface area contributed by atoms with Crippen molar-refractivity contribution in [2.24, 2.45) is 22.7 Å². The van der Waals surface area contributed by atoms with Gasteiger partial charge in [-0.3, -0.25) is 24.0 Å². The summed E-state index contributed by atoms with van der Waals surface area (Å²) in [7, 11) is 0. The molecule has 7 fully saturated rings. The van der Waals surface area contributed by atoms with Gasteiger partial charge in [0.05, 0.1) is 30.9 Å². The number of nitrogens with one attached hydrogen (secondary N) is 2. The molecule has 4 aliphatic heterocycles. The molecule has 2 amide bonds. The summed E-state index contributed by atoms with van der Waals surface area (Å²) in [6, 6.07) is 21.7. The van der Waals surface area contributed by atoms with E-state index in [1.807, 2.05) is 24.3 Å². The van der Waals surface area contributed by atoms with E-state index in [1.54, 1.807) is 44.0 Å². The minimum absolute atomic E-state index is 0.00740. The molecule has 3 N–H and O–H groups in total. The number of carbonyl (C=O) groups is 4. The van der Waals surface area contributed by atoms with Gasteiger partial charge in [-0.25, -0.2) is 0 Å². The van der Waals surface area contributed by atoms with Crippen molar-refractivity contribution < 1.29 is 52.8 Å². The lowest BCUT2D eigenvalue weighted by atomic mass is 9.52. The van der Waals surface area contributed by atoms with Gasteiger partial charge in [0.25, 0.3) is 5.91 Å². The number of aliphatic hydroxyl groups is 1. The van der Waals surface area contributed by atoms with Gasteiger partial charge in [-0.1, -0.05) is 86.2 Å².